The molecule has 0 amide bonds. The molecule has 11 heteroatoms. The van der Waals surface area contributed by atoms with Gasteiger partial charge in [-0.15, -0.1) is 0 Å². The Morgan fingerprint density at radius 1 is 1.09 bits per heavy atom. The summed E-state index contributed by atoms with van der Waals surface area (Å²) in [5, 5.41) is 0.622. The van der Waals surface area contributed by atoms with E-state index in [4.69, 9.17) is 30.5 Å². The Hall–Kier alpha value is -3.86. The Morgan fingerprint density at radius 3 is 2.56 bits per heavy atom. The highest BCUT2D eigenvalue weighted by molar-refractivity contribution is 9.10. The second kappa shape index (κ2) is 14.1. The van der Waals surface area contributed by atoms with E-state index in [1.165, 1.54) is 15.9 Å². The number of aromatic nitrogens is 1. The van der Waals surface area contributed by atoms with Gasteiger partial charge in [-0.25, -0.2) is 9.79 Å². The van der Waals surface area contributed by atoms with Gasteiger partial charge in [-0.1, -0.05) is 63.1 Å². The first-order valence-electron chi connectivity index (χ1n) is 14.3. The van der Waals surface area contributed by atoms with Crippen LogP contribution in [0, 0.1) is 0 Å². The quantitative estimate of drug-likeness (QED) is 0.173. The topological polar surface area (TPSA) is 88.4 Å². The molecule has 0 aliphatic carbocycles. The average molecular weight is 712 g/mol. The maximum absolute atomic E-state index is 14.1. The molecule has 5 rings (SSSR count). The van der Waals surface area contributed by atoms with Crippen LogP contribution < -0.4 is 29.1 Å². The van der Waals surface area contributed by atoms with Crippen molar-refractivity contribution in [2.75, 3.05) is 13.7 Å². The highest BCUT2D eigenvalue weighted by Crippen LogP contribution is 2.37. The van der Waals surface area contributed by atoms with Crippen LogP contribution in [0.5, 0.6) is 17.2 Å². The van der Waals surface area contributed by atoms with Gasteiger partial charge in [0.1, 0.15) is 18.4 Å². The van der Waals surface area contributed by atoms with E-state index in [0.29, 0.717) is 49.5 Å². The number of carbonyl (C=O) groups is 1. The number of esters is 1. The fraction of sp³-hybridized carbons (Fsp3) is 0.265. The van der Waals surface area contributed by atoms with Gasteiger partial charge in [-0.2, -0.15) is 0 Å². The minimum absolute atomic E-state index is 0.275. The molecule has 0 spiro atoms. The van der Waals surface area contributed by atoms with E-state index < -0.39 is 12.0 Å². The van der Waals surface area contributed by atoms with Gasteiger partial charge < -0.3 is 18.9 Å². The first-order valence-corrected chi connectivity index (χ1v) is 16.3. The van der Waals surface area contributed by atoms with Gasteiger partial charge >= 0.3 is 5.97 Å². The lowest BCUT2D eigenvalue weighted by molar-refractivity contribution is -0.143. The average Bonchev–Trinajstić information content (AvgIpc) is 3.30. The molecule has 8 nitrogen and oxygen atoms in total. The van der Waals surface area contributed by atoms with E-state index in [-0.39, 0.29) is 23.8 Å². The third-order valence-corrected chi connectivity index (χ3v) is 8.82. The lowest BCUT2D eigenvalue weighted by Gasteiger charge is -2.26. The molecular formula is C34H32BrClN2O6S. The van der Waals surface area contributed by atoms with E-state index in [1.807, 2.05) is 61.5 Å². The normalized spacial score (nSPS) is 14.7. The molecule has 2 heterocycles. The van der Waals surface area contributed by atoms with Crippen molar-refractivity contribution in [1.29, 1.82) is 0 Å². The molecule has 0 bridgehead atoms. The number of methoxy groups -OCH3 is 1. The molecule has 1 atom stereocenters. The Labute approximate surface area is 278 Å². The summed E-state index contributed by atoms with van der Waals surface area (Å²) in [6, 6.07) is 17.6. The predicted octanol–water partition coefficient (Wildman–Crippen LogP) is 6.59. The van der Waals surface area contributed by atoms with E-state index in [2.05, 4.69) is 20.9 Å². The summed E-state index contributed by atoms with van der Waals surface area (Å²) < 4.78 is 26.0. The third kappa shape index (κ3) is 7.03. The molecule has 0 unspecified atom stereocenters. The molecule has 45 heavy (non-hydrogen) atoms. The SMILES string of the molecule is CCOc1cc(/C=c2\sc3n(c2=O)[C@H](c2cc(Br)ccc2OC)C(C(=O)OC(C)C)=C(C)N=3)ccc1OCc1ccccc1Cl. The molecule has 3 aromatic carbocycles. The van der Waals surface area contributed by atoms with Crippen molar-refractivity contribution in [2.45, 2.75) is 46.4 Å². The van der Waals surface area contributed by atoms with Gasteiger partial charge in [-0.05, 0) is 75.7 Å². The lowest BCUT2D eigenvalue weighted by atomic mass is 9.95. The lowest BCUT2D eigenvalue weighted by Crippen LogP contribution is -2.40. The molecule has 0 saturated heterocycles. The molecule has 1 aliphatic rings. The minimum Gasteiger partial charge on any atom is -0.496 e. The third-order valence-electron chi connectivity index (χ3n) is 6.98. The van der Waals surface area contributed by atoms with Gasteiger partial charge in [0.2, 0.25) is 0 Å². The fourth-order valence-electron chi connectivity index (χ4n) is 5.00. The van der Waals surface area contributed by atoms with E-state index in [1.54, 1.807) is 40.0 Å². The van der Waals surface area contributed by atoms with Crippen molar-refractivity contribution in [3.8, 4) is 17.2 Å². The second-order valence-electron chi connectivity index (χ2n) is 10.4. The zero-order chi connectivity index (χ0) is 32.2. The number of nitrogens with zero attached hydrogens (tertiary/aromatic N) is 2. The first-order chi connectivity index (χ1) is 21.6. The number of fused-ring (bicyclic) bond motifs is 1. The molecule has 0 radical (unpaired) electrons. The number of benzene rings is 3. The predicted molar refractivity (Wildman–Crippen MR) is 179 cm³/mol. The van der Waals surface area contributed by atoms with Crippen LogP contribution in [0.2, 0.25) is 5.02 Å². The van der Waals surface area contributed by atoms with Crippen LogP contribution in [-0.2, 0) is 16.1 Å². The number of halogens is 2. The molecule has 1 aliphatic heterocycles. The smallest absolute Gasteiger partial charge is 0.338 e. The molecule has 0 saturated carbocycles. The van der Waals surface area contributed by atoms with E-state index >= 15 is 0 Å². The maximum atomic E-state index is 14.1. The summed E-state index contributed by atoms with van der Waals surface area (Å²) in [6.07, 6.45) is 1.42. The van der Waals surface area contributed by atoms with Gasteiger partial charge in [-0.3, -0.25) is 9.36 Å². The summed E-state index contributed by atoms with van der Waals surface area (Å²) in [7, 11) is 1.55. The minimum atomic E-state index is -0.818. The Kier molecular flexibility index (Phi) is 10.2. The molecule has 0 fully saturated rings. The van der Waals surface area contributed by atoms with Crippen molar-refractivity contribution in [2.24, 2.45) is 4.99 Å². The number of thiazole rings is 1. The van der Waals surface area contributed by atoms with Gasteiger partial charge in [0.05, 0.1) is 35.6 Å². The van der Waals surface area contributed by atoms with Crippen LogP contribution in [0.25, 0.3) is 6.08 Å². The number of ether oxygens (including phenoxy) is 4. The van der Waals surface area contributed by atoms with Crippen molar-refractivity contribution in [3.05, 3.63) is 118 Å². The van der Waals surface area contributed by atoms with Crippen LogP contribution in [-0.4, -0.2) is 30.4 Å². The van der Waals surface area contributed by atoms with Gasteiger partial charge in [0.25, 0.3) is 5.56 Å². The first kappa shape index (κ1) is 32.5. The summed E-state index contributed by atoms with van der Waals surface area (Å²) >= 11 is 11.1. The van der Waals surface area contributed by atoms with Crippen LogP contribution in [0.15, 0.2) is 86.2 Å². The van der Waals surface area contributed by atoms with Gasteiger partial charge in [0.15, 0.2) is 16.3 Å². The van der Waals surface area contributed by atoms with Crippen LogP contribution in [0.1, 0.15) is 50.4 Å². The number of carbonyl (C=O) groups excluding carboxylic acids is 1. The zero-order valence-corrected chi connectivity index (χ0v) is 28.6. The second-order valence-corrected chi connectivity index (χ2v) is 12.8. The Bertz CT molecular complexity index is 1970. The largest absolute Gasteiger partial charge is 0.496 e. The number of allylic oxidation sites excluding steroid dienone is 1. The summed E-state index contributed by atoms with van der Waals surface area (Å²) in [4.78, 5) is 32.7. The molecule has 234 valence electrons. The maximum Gasteiger partial charge on any atom is 0.338 e. The highest BCUT2D eigenvalue weighted by Gasteiger charge is 2.35. The molecule has 1 aromatic heterocycles. The van der Waals surface area contributed by atoms with Gasteiger partial charge in [0, 0.05) is 20.6 Å². The summed E-state index contributed by atoms with van der Waals surface area (Å²) in [6.45, 7) is 7.90. The summed E-state index contributed by atoms with van der Waals surface area (Å²) in [5.41, 5.74) is 2.67. The molecule has 0 N–H and O–H groups in total. The van der Waals surface area contributed by atoms with Crippen molar-refractivity contribution in [1.82, 2.24) is 4.57 Å². The Balaban J connectivity index is 1.60. The van der Waals surface area contributed by atoms with Crippen molar-refractivity contribution in [3.63, 3.8) is 0 Å². The van der Waals surface area contributed by atoms with E-state index in [9.17, 15) is 9.59 Å². The molecule has 4 aromatic rings. The summed E-state index contributed by atoms with van der Waals surface area (Å²) in [5.74, 6) is 1.08. The number of rotatable bonds is 10. The number of hydrogen-bond donors (Lipinski definition) is 0. The number of hydrogen-bond acceptors (Lipinski definition) is 8. The standard InChI is InChI=1S/C34H32BrClN2O6S/c1-6-42-28-15-21(11-13-27(28)43-18-22-9-7-8-10-25(22)36)16-29-32(39)38-31(24-17-23(35)12-14-26(24)41-5)30(33(40)44-19(2)3)20(4)37-34(38)45-29/h7-17,19,31H,6,18H2,1-5H3/b29-16-/t31-/m1/s1. The van der Waals surface area contributed by atoms with Crippen LogP contribution in [0.4, 0.5) is 0 Å². The Morgan fingerprint density at radius 2 is 1.84 bits per heavy atom. The van der Waals surface area contributed by atoms with E-state index in [0.717, 1.165) is 15.6 Å². The van der Waals surface area contributed by atoms with Crippen molar-refractivity contribution < 1.29 is 23.7 Å². The zero-order valence-electron chi connectivity index (χ0n) is 25.4. The highest BCUT2D eigenvalue weighted by atomic mass is 79.9. The fourth-order valence-corrected chi connectivity index (χ4v) is 6.61. The molecular weight excluding hydrogens is 680 g/mol. The van der Waals surface area contributed by atoms with Crippen LogP contribution >= 0.6 is 38.9 Å². The van der Waals surface area contributed by atoms with Crippen LogP contribution in [0.3, 0.4) is 0 Å². The van der Waals surface area contributed by atoms with Crippen molar-refractivity contribution >= 4 is 50.9 Å². The monoisotopic (exact) mass is 710 g/mol.